The van der Waals surface area contributed by atoms with Crippen LogP contribution >= 0.6 is 15.9 Å². The van der Waals surface area contributed by atoms with Gasteiger partial charge in [0, 0.05) is 10.5 Å². The second kappa shape index (κ2) is 7.91. The maximum Gasteiger partial charge on any atom is 0.119 e. The number of rotatable bonds is 7. The van der Waals surface area contributed by atoms with Gasteiger partial charge in [0.25, 0.3) is 0 Å². The van der Waals surface area contributed by atoms with Crippen molar-refractivity contribution in [2.24, 2.45) is 5.41 Å². The molecule has 2 nitrogen and oxygen atoms in total. The van der Waals surface area contributed by atoms with E-state index in [2.05, 4.69) is 48.9 Å². The zero-order chi connectivity index (χ0) is 14.3. The largest absolute Gasteiger partial charge is 0.494 e. The average Bonchev–Trinajstić information content (AvgIpc) is 2.34. The lowest BCUT2D eigenvalue weighted by Gasteiger charge is -2.31. The topological polar surface area (TPSA) is 21.3 Å². The molecule has 0 aliphatic heterocycles. The molecule has 1 N–H and O–H groups in total. The lowest BCUT2D eigenvalue weighted by Crippen LogP contribution is -2.40. The van der Waals surface area contributed by atoms with Crippen LogP contribution in [0.3, 0.4) is 0 Å². The lowest BCUT2D eigenvalue weighted by atomic mass is 9.84. The zero-order valence-electron chi connectivity index (χ0n) is 12.5. The Kier molecular flexibility index (Phi) is 6.87. The molecular formula is C16H26BrNO. The first-order valence-corrected chi connectivity index (χ1v) is 7.84. The molecule has 19 heavy (non-hydrogen) atoms. The smallest absolute Gasteiger partial charge is 0.119 e. The van der Waals surface area contributed by atoms with Gasteiger partial charge in [0.15, 0.2) is 0 Å². The van der Waals surface area contributed by atoms with Crippen LogP contribution in [-0.2, 0) is 0 Å². The third kappa shape index (κ3) is 6.44. The van der Waals surface area contributed by atoms with Crippen molar-refractivity contribution >= 4 is 15.9 Å². The van der Waals surface area contributed by atoms with Crippen LogP contribution in [0.15, 0.2) is 28.7 Å². The fourth-order valence-electron chi connectivity index (χ4n) is 2.10. The Labute approximate surface area is 126 Å². The van der Waals surface area contributed by atoms with E-state index in [4.69, 9.17) is 4.74 Å². The van der Waals surface area contributed by atoms with Crippen molar-refractivity contribution in [1.82, 2.24) is 5.32 Å². The molecule has 3 heteroatoms. The van der Waals surface area contributed by atoms with Crippen LogP contribution in [0.5, 0.6) is 5.75 Å². The van der Waals surface area contributed by atoms with Gasteiger partial charge in [0.2, 0.25) is 0 Å². The number of hydrogen-bond donors (Lipinski definition) is 1. The van der Waals surface area contributed by atoms with Gasteiger partial charge in [-0.2, -0.15) is 0 Å². The van der Waals surface area contributed by atoms with E-state index in [0.717, 1.165) is 36.2 Å². The summed E-state index contributed by atoms with van der Waals surface area (Å²) in [5, 5.41) is 3.57. The molecule has 0 saturated carbocycles. The molecule has 0 heterocycles. The second-order valence-corrected chi connectivity index (χ2v) is 6.84. The van der Waals surface area contributed by atoms with Gasteiger partial charge in [-0.25, -0.2) is 0 Å². The summed E-state index contributed by atoms with van der Waals surface area (Å²) in [6, 6.07) is 8.55. The van der Waals surface area contributed by atoms with E-state index in [9.17, 15) is 0 Å². The summed E-state index contributed by atoms with van der Waals surface area (Å²) in [4.78, 5) is 0. The minimum Gasteiger partial charge on any atom is -0.494 e. The minimum atomic E-state index is 0.299. The van der Waals surface area contributed by atoms with Crippen LogP contribution in [0.1, 0.15) is 40.5 Å². The molecule has 1 aromatic rings. The van der Waals surface area contributed by atoms with E-state index in [-0.39, 0.29) is 0 Å². The number of hydrogen-bond acceptors (Lipinski definition) is 2. The third-order valence-electron chi connectivity index (χ3n) is 3.22. The summed E-state index contributed by atoms with van der Waals surface area (Å²) in [6.45, 7) is 10.8. The highest BCUT2D eigenvalue weighted by molar-refractivity contribution is 9.10. The van der Waals surface area contributed by atoms with Crippen molar-refractivity contribution < 1.29 is 4.74 Å². The van der Waals surface area contributed by atoms with Gasteiger partial charge in [-0.05, 0) is 49.1 Å². The molecule has 108 valence electrons. The van der Waals surface area contributed by atoms with Crippen LogP contribution in [-0.4, -0.2) is 19.2 Å². The maximum absolute atomic E-state index is 5.75. The molecule has 0 bridgehead atoms. The van der Waals surface area contributed by atoms with Gasteiger partial charge in [0.1, 0.15) is 5.75 Å². The third-order valence-corrected chi connectivity index (χ3v) is 3.74. The van der Waals surface area contributed by atoms with Crippen LogP contribution in [0.2, 0.25) is 0 Å². The Morgan fingerprint density at radius 1 is 1.21 bits per heavy atom. The first-order chi connectivity index (χ1) is 8.93. The molecule has 1 atom stereocenters. The van der Waals surface area contributed by atoms with Gasteiger partial charge in [-0.3, -0.25) is 0 Å². The molecular weight excluding hydrogens is 302 g/mol. The highest BCUT2D eigenvalue weighted by Gasteiger charge is 2.22. The number of nitrogens with one attached hydrogen (secondary N) is 1. The van der Waals surface area contributed by atoms with Crippen LogP contribution in [0.4, 0.5) is 0 Å². The SMILES string of the molecule is CCNC(CCCOc1ccc(Br)cc1)C(C)(C)C. The summed E-state index contributed by atoms with van der Waals surface area (Å²) >= 11 is 3.42. The minimum absolute atomic E-state index is 0.299. The van der Waals surface area contributed by atoms with E-state index in [0.29, 0.717) is 11.5 Å². The highest BCUT2D eigenvalue weighted by atomic mass is 79.9. The first kappa shape index (κ1) is 16.5. The molecule has 0 fully saturated rings. The highest BCUT2D eigenvalue weighted by Crippen LogP contribution is 2.23. The second-order valence-electron chi connectivity index (χ2n) is 5.92. The molecule has 0 spiro atoms. The molecule has 0 radical (unpaired) electrons. The summed E-state index contributed by atoms with van der Waals surface area (Å²) in [5.74, 6) is 0.943. The molecule has 1 rings (SSSR count). The first-order valence-electron chi connectivity index (χ1n) is 7.05. The number of halogens is 1. The summed E-state index contributed by atoms with van der Waals surface area (Å²) in [6.07, 6.45) is 2.22. The molecule has 0 aliphatic carbocycles. The van der Waals surface area contributed by atoms with E-state index >= 15 is 0 Å². The van der Waals surface area contributed by atoms with Crippen molar-refractivity contribution in [3.63, 3.8) is 0 Å². The van der Waals surface area contributed by atoms with E-state index in [1.54, 1.807) is 0 Å². The van der Waals surface area contributed by atoms with Crippen LogP contribution < -0.4 is 10.1 Å². The Bertz CT molecular complexity index is 356. The fourth-order valence-corrected chi connectivity index (χ4v) is 2.36. The number of benzene rings is 1. The standard InChI is InChI=1S/C16H26BrNO/c1-5-18-15(16(2,3)4)7-6-12-19-14-10-8-13(17)9-11-14/h8-11,15,18H,5-7,12H2,1-4H3. The monoisotopic (exact) mass is 327 g/mol. The Balaban J connectivity index is 2.30. The Morgan fingerprint density at radius 2 is 1.84 bits per heavy atom. The zero-order valence-corrected chi connectivity index (χ0v) is 14.1. The molecule has 0 saturated heterocycles. The molecule has 0 aromatic heterocycles. The molecule has 0 amide bonds. The van der Waals surface area contributed by atoms with E-state index in [1.807, 2.05) is 24.3 Å². The Morgan fingerprint density at radius 3 is 2.37 bits per heavy atom. The molecule has 0 aliphatic rings. The van der Waals surface area contributed by atoms with Gasteiger partial charge < -0.3 is 10.1 Å². The number of ether oxygens (including phenoxy) is 1. The summed E-state index contributed by atoms with van der Waals surface area (Å²) in [7, 11) is 0. The van der Waals surface area contributed by atoms with Crippen molar-refractivity contribution in [3.8, 4) is 5.75 Å². The summed E-state index contributed by atoms with van der Waals surface area (Å²) < 4.78 is 6.84. The van der Waals surface area contributed by atoms with E-state index < -0.39 is 0 Å². The predicted molar refractivity (Wildman–Crippen MR) is 85.8 cm³/mol. The lowest BCUT2D eigenvalue weighted by molar-refractivity contribution is 0.231. The van der Waals surface area contributed by atoms with Crippen LogP contribution in [0, 0.1) is 5.41 Å². The maximum atomic E-state index is 5.75. The van der Waals surface area contributed by atoms with Crippen molar-refractivity contribution in [2.45, 2.75) is 46.6 Å². The Hall–Kier alpha value is -0.540. The average molecular weight is 328 g/mol. The molecule has 1 aromatic carbocycles. The van der Waals surface area contributed by atoms with Crippen molar-refractivity contribution in [3.05, 3.63) is 28.7 Å². The van der Waals surface area contributed by atoms with Gasteiger partial charge in [-0.15, -0.1) is 0 Å². The molecule has 1 unspecified atom stereocenters. The predicted octanol–water partition coefficient (Wildman–Crippen LogP) is 4.63. The van der Waals surface area contributed by atoms with Gasteiger partial charge in [0.05, 0.1) is 6.61 Å². The summed E-state index contributed by atoms with van der Waals surface area (Å²) in [5.41, 5.74) is 0.299. The van der Waals surface area contributed by atoms with E-state index in [1.165, 1.54) is 0 Å². The normalized spacial score (nSPS) is 13.3. The van der Waals surface area contributed by atoms with Crippen molar-refractivity contribution in [1.29, 1.82) is 0 Å². The van der Waals surface area contributed by atoms with Crippen molar-refractivity contribution in [2.75, 3.05) is 13.2 Å². The van der Waals surface area contributed by atoms with Gasteiger partial charge >= 0.3 is 0 Å². The fraction of sp³-hybridized carbons (Fsp3) is 0.625. The van der Waals surface area contributed by atoms with Crippen LogP contribution in [0.25, 0.3) is 0 Å². The quantitative estimate of drug-likeness (QED) is 0.737. The van der Waals surface area contributed by atoms with Gasteiger partial charge in [-0.1, -0.05) is 43.6 Å².